The molecule has 0 fully saturated rings. The van der Waals surface area contributed by atoms with Crippen LogP contribution in [0.15, 0.2) is 36.4 Å². The Hall–Kier alpha value is -2.01. The molecule has 1 aromatic rings. The van der Waals surface area contributed by atoms with Crippen molar-refractivity contribution in [2.75, 3.05) is 6.61 Å². The number of hydrogen-bond acceptors (Lipinski definition) is 3. The first-order chi connectivity index (χ1) is 11.0. The molecule has 0 bridgehead atoms. The minimum Gasteiger partial charge on any atom is -0.487 e. The summed E-state index contributed by atoms with van der Waals surface area (Å²) in [4.78, 5) is 12.3. The summed E-state index contributed by atoms with van der Waals surface area (Å²) < 4.78 is 5.98. The number of aliphatic hydroxyl groups excluding tert-OH is 1. The molecule has 3 rings (SSSR count). The molecule has 5 nitrogen and oxygen atoms in total. The number of fused-ring (bicyclic) bond motifs is 1. The van der Waals surface area contributed by atoms with Crippen LogP contribution in [0.3, 0.4) is 0 Å². The molecule has 1 aliphatic heterocycles. The molecule has 0 saturated carbocycles. The number of benzene rings is 1. The van der Waals surface area contributed by atoms with Crippen LogP contribution in [-0.2, 0) is 0 Å². The normalized spacial score (nSPS) is 27.9. The number of carbonyl (C=O) groups excluding carboxylic acids is 1. The van der Waals surface area contributed by atoms with E-state index < -0.39 is 0 Å². The molecule has 23 heavy (non-hydrogen) atoms. The second-order valence-electron chi connectivity index (χ2n) is 6.94. The van der Waals surface area contributed by atoms with Gasteiger partial charge in [-0.05, 0) is 26.3 Å². The summed E-state index contributed by atoms with van der Waals surface area (Å²) in [6, 6.07) is 7.55. The molecule has 0 spiro atoms. The number of amides is 2. The minimum atomic E-state index is -0.318. The molecular weight excluding hydrogens is 292 g/mol. The second-order valence-corrected chi connectivity index (χ2v) is 6.94. The van der Waals surface area contributed by atoms with E-state index in [-0.39, 0.29) is 36.2 Å². The van der Waals surface area contributed by atoms with Crippen molar-refractivity contribution in [3.05, 3.63) is 42.0 Å². The molecule has 5 heteroatoms. The molecule has 0 saturated heterocycles. The highest BCUT2D eigenvalue weighted by molar-refractivity contribution is 5.75. The third-order valence-electron chi connectivity index (χ3n) is 4.40. The SMILES string of the molecule is CC1(C)C[C@@H](NC(=O)N[C@@H]2C=C[C@H](CO)C2)c2ccccc2O1. The fourth-order valence-electron chi connectivity index (χ4n) is 3.32. The van der Waals surface area contributed by atoms with Gasteiger partial charge >= 0.3 is 6.03 Å². The van der Waals surface area contributed by atoms with Gasteiger partial charge in [0, 0.05) is 30.6 Å². The summed E-state index contributed by atoms with van der Waals surface area (Å²) in [5, 5.41) is 15.2. The van der Waals surface area contributed by atoms with Crippen LogP contribution < -0.4 is 15.4 Å². The first-order valence-corrected chi connectivity index (χ1v) is 8.11. The monoisotopic (exact) mass is 316 g/mol. The van der Waals surface area contributed by atoms with Gasteiger partial charge < -0.3 is 20.5 Å². The number of nitrogens with one attached hydrogen (secondary N) is 2. The van der Waals surface area contributed by atoms with Gasteiger partial charge in [0.15, 0.2) is 0 Å². The lowest BCUT2D eigenvalue weighted by atomic mass is 9.90. The van der Waals surface area contributed by atoms with E-state index in [1.807, 2.05) is 50.3 Å². The second kappa shape index (κ2) is 6.24. The van der Waals surface area contributed by atoms with Crippen LogP contribution in [0.2, 0.25) is 0 Å². The Balaban J connectivity index is 1.65. The van der Waals surface area contributed by atoms with Gasteiger partial charge in [0.25, 0.3) is 0 Å². The van der Waals surface area contributed by atoms with Gasteiger partial charge in [-0.1, -0.05) is 30.4 Å². The zero-order valence-corrected chi connectivity index (χ0v) is 13.6. The molecule has 0 unspecified atom stereocenters. The van der Waals surface area contributed by atoms with Gasteiger partial charge in [-0.15, -0.1) is 0 Å². The van der Waals surface area contributed by atoms with Gasteiger partial charge in [-0.3, -0.25) is 0 Å². The lowest BCUT2D eigenvalue weighted by Gasteiger charge is -2.38. The molecule has 1 aliphatic carbocycles. The lowest BCUT2D eigenvalue weighted by Crippen LogP contribution is -2.46. The molecule has 0 aromatic heterocycles. The summed E-state index contributed by atoms with van der Waals surface area (Å²) in [6.45, 7) is 4.18. The van der Waals surface area contributed by atoms with Crippen LogP contribution >= 0.6 is 0 Å². The summed E-state index contributed by atoms with van der Waals surface area (Å²) in [6.07, 6.45) is 5.37. The van der Waals surface area contributed by atoms with Crippen LogP contribution in [0, 0.1) is 5.92 Å². The van der Waals surface area contributed by atoms with E-state index >= 15 is 0 Å². The van der Waals surface area contributed by atoms with Gasteiger partial charge in [-0.2, -0.15) is 0 Å². The zero-order chi connectivity index (χ0) is 16.4. The van der Waals surface area contributed by atoms with E-state index in [0.29, 0.717) is 0 Å². The van der Waals surface area contributed by atoms with E-state index in [9.17, 15) is 4.79 Å². The molecular formula is C18H24N2O3. The number of aliphatic hydroxyl groups is 1. The number of rotatable bonds is 3. The summed E-state index contributed by atoms with van der Waals surface area (Å²) in [5.74, 6) is 0.971. The standard InChI is InChI=1S/C18H24N2O3/c1-18(2)10-15(14-5-3-4-6-16(14)23-18)20-17(22)19-13-8-7-12(9-13)11-21/h3-8,12-13,15,21H,9-11H2,1-2H3,(H2,19,20,22)/t12-,13+,15+/m0/s1. The third kappa shape index (κ3) is 3.67. The highest BCUT2D eigenvalue weighted by atomic mass is 16.5. The summed E-state index contributed by atoms with van der Waals surface area (Å²) in [7, 11) is 0. The quantitative estimate of drug-likeness (QED) is 0.751. The maximum absolute atomic E-state index is 12.3. The maximum Gasteiger partial charge on any atom is 0.315 e. The Morgan fingerprint density at radius 2 is 2.09 bits per heavy atom. The number of ether oxygens (including phenoxy) is 1. The summed E-state index contributed by atoms with van der Waals surface area (Å²) >= 11 is 0. The lowest BCUT2D eigenvalue weighted by molar-refractivity contribution is 0.0678. The molecule has 124 valence electrons. The van der Waals surface area contributed by atoms with E-state index in [1.165, 1.54) is 0 Å². The molecule has 3 N–H and O–H groups in total. The highest BCUT2D eigenvalue weighted by Gasteiger charge is 2.34. The van der Waals surface area contributed by atoms with Crippen molar-refractivity contribution < 1.29 is 14.6 Å². The Labute approximate surface area is 136 Å². The van der Waals surface area contributed by atoms with Crippen LogP contribution in [-0.4, -0.2) is 29.4 Å². The van der Waals surface area contributed by atoms with Gasteiger partial charge in [0.05, 0.1) is 6.04 Å². The predicted molar refractivity (Wildman–Crippen MR) is 88.3 cm³/mol. The van der Waals surface area contributed by atoms with Crippen molar-refractivity contribution >= 4 is 6.03 Å². The number of hydrogen-bond donors (Lipinski definition) is 3. The minimum absolute atomic E-state index is 0.0183. The average Bonchev–Trinajstić information content (AvgIpc) is 2.93. The fraction of sp³-hybridized carbons (Fsp3) is 0.500. The molecule has 0 radical (unpaired) electrons. The van der Waals surface area contributed by atoms with E-state index in [1.54, 1.807) is 0 Å². The van der Waals surface area contributed by atoms with Gasteiger partial charge in [0.2, 0.25) is 0 Å². The highest BCUT2D eigenvalue weighted by Crippen LogP contribution is 2.39. The average molecular weight is 316 g/mol. The smallest absolute Gasteiger partial charge is 0.315 e. The predicted octanol–water partition coefficient (Wildman–Crippen LogP) is 2.53. The van der Waals surface area contributed by atoms with E-state index in [4.69, 9.17) is 9.84 Å². The first-order valence-electron chi connectivity index (χ1n) is 8.11. The zero-order valence-electron chi connectivity index (χ0n) is 13.6. The van der Waals surface area contributed by atoms with Crippen molar-refractivity contribution in [3.63, 3.8) is 0 Å². The van der Waals surface area contributed by atoms with Crippen LogP contribution in [0.4, 0.5) is 4.79 Å². The topological polar surface area (TPSA) is 70.6 Å². The van der Waals surface area contributed by atoms with Crippen LogP contribution in [0.5, 0.6) is 5.75 Å². The maximum atomic E-state index is 12.3. The Kier molecular flexibility index (Phi) is 4.31. The molecule has 2 amide bonds. The van der Waals surface area contributed by atoms with Crippen molar-refractivity contribution in [3.8, 4) is 5.75 Å². The van der Waals surface area contributed by atoms with E-state index in [0.717, 1.165) is 24.2 Å². The van der Waals surface area contributed by atoms with Crippen molar-refractivity contribution in [2.24, 2.45) is 5.92 Å². The summed E-state index contributed by atoms with van der Waals surface area (Å²) in [5.41, 5.74) is 0.693. The molecule has 1 heterocycles. The van der Waals surface area contributed by atoms with Crippen LogP contribution in [0.1, 0.15) is 38.3 Å². The first kappa shape index (κ1) is 15.9. The van der Waals surface area contributed by atoms with Crippen molar-refractivity contribution in [1.82, 2.24) is 10.6 Å². The number of carbonyl (C=O) groups is 1. The Morgan fingerprint density at radius 1 is 1.30 bits per heavy atom. The van der Waals surface area contributed by atoms with E-state index in [2.05, 4.69) is 10.6 Å². The fourth-order valence-corrected chi connectivity index (χ4v) is 3.32. The Bertz CT molecular complexity index is 612. The van der Waals surface area contributed by atoms with Gasteiger partial charge in [0.1, 0.15) is 11.4 Å². The largest absolute Gasteiger partial charge is 0.487 e. The molecule has 3 atom stereocenters. The number of para-hydroxylation sites is 1. The van der Waals surface area contributed by atoms with Crippen molar-refractivity contribution in [2.45, 2.75) is 44.4 Å². The van der Waals surface area contributed by atoms with Gasteiger partial charge in [-0.25, -0.2) is 4.79 Å². The molecule has 1 aromatic carbocycles. The Morgan fingerprint density at radius 3 is 2.83 bits per heavy atom. The third-order valence-corrected chi connectivity index (χ3v) is 4.40. The number of urea groups is 1. The van der Waals surface area contributed by atoms with Crippen molar-refractivity contribution in [1.29, 1.82) is 0 Å². The van der Waals surface area contributed by atoms with Crippen LogP contribution in [0.25, 0.3) is 0 Å². The molecule has 2 aliphatic rings.